The van der Waals surface area contributed by atoms with Gasteiger partial charge in [-0.25, -0.2) is 4.39 Å². The van der Waals surface area contributed by atoms with E-state index in [2.05, 4.69) is 27.5 Å². The molecule has 2 amide bonds. The third-order valence-corrected chi connectivity index (χ3v) is 5.44. The molecule has 4 rings (SSSR count). The molecule has 0 saturated carbocycles. The molecule has 2 aliphatic heterocycles. The van der Waals surface area contributed by atoms with Crippen molar-refractivity contribution in [1.29, 1.82) is 0 Å². The van der Waals surface area contributed by atoms with E-state index in [0.717, 1.165) is 25.8 Å². The molecule has 0 unspecified atom stereocenters. The predicted octanol–water partition coefficient (Wildman–Crippen LogP) is 2.35. The maximum Gasteiger partial charge on any atom is 0.258 e. The number of aromatic amines is 1. The van der Waals surface area contributed by atoms with Crippen LogP contribution in [0.15, 0.2) is 29.1 Å². The second-order valence-electron chi connectivity index (χ2n) is 7.49. The largest absolute Gasteiger partial charge is 0.340 e. The van der Waals surface area contributed by atoms with Gasteiger partial charge in [0.2, 0.25) is 17.8 Å². The summed E-state index contributed by atoms with van der Waals surface area (Å²) in [6.07, 6.45) is 2.95. The van der Waals surface area contributed by atoms with Gasteiger partial charge in [0.15, 0.2) is 0 Å². The summed E-state index contributed by atoms with van der Waals surface area (Å²) in [7, 11) is 0. The van der Waals surface area contributed by atoms with Gasteiger partial charge in [-0.2, -0.15) is 4.98 Å². The molecule has 1 saturated heterocycles. The summed E-state index contributed by atoms with van der Waals surface area (Å²) in [5.74, 6) is -1.78. The molecular formula is C20H22FN5O3. The number of rotatable bonds is 3. The Morgan fingerprint density at radius 1 is 1.24 bits per heavy atom. The average molecular weight is 399 g/mol. The second-order valence-corrected chi connectivity index (χ2v) is 7.49. The Morgan fingerprint density at radius 3 is 2.72 bits per heavy atom. The molecule has 29 heavy (non-hydrogen) atoms. The molecule has 2 aliphatic rings. The topological polar surface area (TPSA) is 107 Å². The van der Waals surface area contributed by atoms with E-state index in [1.807, 2.05) is 4.90 Å². The third-order valence-electron chi connectivity index (χ3n) is 5.44. The highest BCUT2D eigenvalue weighted by atomic mass is 19.1. The number of nitrogens with one attached hydrogen (secondary N) is 3. The van der Waals surface area contributed by atoms with Gasteiger partial charge < -0.3 is 15.5 Å². The van der Waals surface area contributed by atoms with Crippen LogP contribution in [0.5, 0.6) is 0 Å². The Kier molecular flexibility index (Phi) is 5.04. The Bertz CT molecular complexity index is 1000. The van der Waals surface area contributed by atoms with Crippen LogP contribution in [-0.2, 0) is 9.59 Å². The van der Waals surface area contributed by atoms with Crippen molar-refractivity contribution in [2.24, 2.45) is 0 Å². The summed E-state index contributed by atoms with van der Waals surface area (Å²) >= 11 is 0. The van der Waals surface area contributed by atoms with Crippen molar-refractivity contribution in [1.82, 2.24) is 9.97 Å². The molecule has 0 bridgehead atoms. The van der Waals surface area contributed by atoms with Gasteiger partial charge in [0.25, 0.3) is 5.56 Å². The molecule has 152 valence electrons. The van der Waals surface area contributed by atoms with E-state index < -0.39 is 23.2 Å². The van der Waals surface area contributed by atoms with Crippen molar-refractivity contribution < 1.29 is 14.0 Å². The number of carbonyl (C=O) groups excluding carboxylic acids is 2. The van der Waals surface area contributed by atoms with Crippen LogP contribution in [0.1, 0.15) is 44.1 Å². The van der Waals surface area contributed by atoms with Gasteiger partial charge in [-0.3, -0.25) is 19.4 Å². The second kappa shape index (κ2) is 7.65. The number of H-pyrrole nitrogens is 1. The summed E-state index contributed by atoms with van der Waals surface area (Å²) in [6, 6.07) is 5.50. The molecule has 8 nitrogen and oxygen atoms in total. The van der Waals surface area contributed by atoms with Crippen LogP contribution < -0.4 is 21.1 Å². The Balaban J connectivity index is 1.65. The fourth-order valence-corrected chi connectivity index (χ4v) is 3.89. The van der Waals surface area contributed by atoms with Crippen molar-refractivity contribution in [3.05, 3.63) is 46.0 Å². The van der Waals surface area contributed by atoms with E-state index in [1.54, 1.807) is 0 Å². The summed E-state index contributed by atoms with van der Waals surface area (Å²) in [5.41, 5.74) is 0.0757. The van der Waals surface area contributed by atoms with Gasteiger partial charge >= 0.3 is 0 Å². The Hall–Kier alpha value is -3.23. The van der Waals surface area contributed by atoms with Crippen molar-refractivity contribution in [3.8, 4) is 0 Å². The van der Waals surface area contributed by atoms with Crippen molar-refractivity contribution in [2.75, 3.05) is 22.1 Å². The molecule has 0 aliphatic carbocycles. The highest BCUT2D eigenvalue weighted by molar-refractivity contribution is 6.04. The maximum atomic E-state index is 13.1. The van der Waals surface area contributed by atoms with Crippen LogP contribution in [0.4, 0.5) is 21.8 Å². The molecular weight excluding hydrogens is 377 g/mol. The normalized spacial score (nSPS) is 21.3. The zero-order chi connectivity index (χ0) is 20.5. The number of anilines is 3. The quantitative estimate of drug-likeness (QED) is 0.734. The smallest absolute Gasteiger partial charge is 0.258 e. The van der Waals surface area contributed by atoms with Crippen LogP contribution >= 0.6 is 0 Å². The number of amides is 2. The SMILES string of the molecule is C[C@@H]1CCCCN1c1nc2c(c(=O)[nH]1)[C@@H](C(=O)Nc1ccc(F)cc1)CC(=O)N2. The third kappa shape index (κ3) is 3.85. The zero-order valence-corrected chi connectivity index (χ0v) is 16.0. The lowest BCUT2D eigenvalue weighted by Crippen LogP contribution is -2.41. The molecule has 1 aromatic heterocycles. The van der Waals surface area contributed by atoms with E-state index in [0.29, 0.717) is 11.6 Å². The van der Waals surface area contributed by atoms with Gasteiger partial charge in [-0.1, -0.05) is 0 Å². The minimum absolute atomic E-state index is 0.122. The van der Waals surface area contributed by atoms with Crippen LogP contribution in [-0.4, -0.2) is 34.4 Å². The van der Waals surface area contributed by atoms with Gasteiger partial charge in [-0.15, -0.1) is 0 Å². The lowest BCUT2D eigenvalue weighted by Gasteiger charge is -2.34. The van der Waals surface area contributed by atoms with Gasteiger partial charge in [0.05, 0.1) is 11.5 Å². The lowest BCUT2D eigenvalue weighted by molar-refractivity contribution is -0.123. The molecule has 3 N–H and O–H groups in total. The number of aromatic nitrogens is 2. The lowest BCUT2D eigenvalue weighted by atomic mass is 9.92. The molecule has 1 fully saturated rings. The number of hydrogen-bond acceptors (Lipinski definition) is 5. The van der Waals surface area contributed by atoms with E-state index in [4.69, 9.17) is 0 Å². The minimum Gasteiger partial charge on any atom is -0.340 e. The Morgan fingerprint density at radius 2 is 2.00 bits per heavy atom. The summed E-state index contributed by atoms with van der Waals surface area (Å²) < 4.78 is 13.1. The zero-order valence-electron chi connectivity index (χ0n) is 16.0. The van der Waals surface area contributed by atoms with Crippen LogP contribution in [0.25, 0.3) is 0 Å². The standard InChI is InChI=1S/C20H22FN5O3/c1-11-4-2-3-9-26(11)20-24-17-16(19(29)25-20)14(10-15(27)23-17)18(28)22-13-7-5-12(21)6-8-13/h5-8,11,14H,2-4,9-10H2,1H3,(H,22,28)(H2,23,24,25,27,29)/t11-,14+/m1/s1. The number of carbonyl (C=O) groups is 2. The van der Waals surface area contributed by atoms with E-state index in [9.17, 15) is 18.8 Å². The number of fused-ring (bicyclic) bond motifs is 1. The number of nitrogens with zero attached hydrogens (tertiary/aromatic N) is 2. The first-order chi connectivity index (χ1) is 13.9. The van der Waals surface area contributed by atoms with Crippen LogP contribution in [0.3, 0.4) is 0 Å². The minimum atomic E-state index is -0.979. The van der Waals surface area contributed by atoms with E-state index in [1.165, 1.54) is 24.3 Å². The monoisotopic (exact) mass is 399 g/mol. The first kappa shape index (κ1) is 19.1. The average Bonchev–Trinajstić information content (AvgIpc) is 2.69. The van der Waals surface area contributed by atoms with Crippen LogP contribution in [0, 0.1) is 5.82 Å². The predicted molar refractivity (Wildman–Crippen MR) is 107 cm³/mol. The number of piperidine rings is 1. The first-order valence-corrected chi connectivity index (χ1v) is 9.69. The number of benzene rings is 1. The summed E-state index contributed by atoms with van der Waals surface area (Å²) in [5, 5.41) is 5.26. The highest BCUT2D eigenvalue weighted by Gasteiger charge is 2.35. The van der Waals surface area contributed by atoms with Crippen LogP contribution in [0.2, 0.25) is 0 Å². The highest BCUT2D eigenvalue weighted by Crippen LogP contribution is 2.31. The number of hydrogen-bond donors (Lipinski definition) is 3. The van der Waals surface area contributed by atoms with Crippen molar-refractivity contribution >= 4 is 29.3 Å². The fourth-order valence-electron chi connectivity index (χ4n) is 3.89. The Labute approximate surface area is 166 Å². The first-order valence-electron chi connectivity index (χ1n) is 9.69. The van der Waals surface area contributed by atoms with Crippen molar-refractivity contribution in [3.63, 3.8) is 0 Å². The maximum absolute atomic E-state index is 13.1. The van der Waals surface area contributed by atoms with Gasteiger partial charge in [0, 0.05) is 24.7 Å². The molecule has 2 atom stereocenters. The summed E-state index contributed by atoms with van der Waals surface area (Å²) in [4.78, 5) is 47.1. The van der Waals surface area contributed by atoms with E-state index >= 15 is 0 Å². The number of halogens is 1. The van der Waals surface area contributed by atoms with Gasteiger partial charge in [0.1, 0.15) is 11.6 Å². The van der Waals surface area contributed by atoms with Crippen molar-refractivity contribution in [2.45, 2.75) is 44.6 Å². The van der Waals surface area contributed by atoms with E-state index in [-0.39, 0.29) is 29.8 Å². The van der Waals surface area contributed by atoms with Gasteiger partial charge in [-0.05, 0) is 50.5 Å². The molecule has 1 aromatic carbocycles. The molecule has 9 heteroatoms. The molecule has 0 spiro atoms. The molecule has 2 aromatic rings. The summed E-state index contributed by atoms with van der Waals surface area (Å²) in [6.45, 7) is 2.83. The molecule has 0 radical (unpaired) electrons. The molecule has 3 heterocycles. The fraction of sp³-hybridized carbons (Fsp3) is 0.400.